The third-order valence-electron chi connectivity index (χ3n) is 6.18. The minimum atomic E-state index is -0.922. The standard InChI is InChI=1S/C22H28N4O4/c1-15-24-25-20(30-15)18-12-16-8-4-5-9-17(16)13-26(18)14-19(27)23-22(21(28)29-2)10-6-3-7-11-22/h4-5,8-9,18H,3,6-7,10-14H2,1-2H3,(H,23,27). The van der Waals surface area contributed by atoms with Crippen molar-refractivity contribution in [2.24, 2.45) is 0 Å². The van der Waals surface area contributed by atoms with Crippen molar-refractivity contribution in [3.63, 3.8) is 0 Å². The molecule has 0 saturated heterocycles. The third kappa shape index (κ3) is 4.09. The lowest BCUT2D eigenvalue weighted by molar-refractivity contribution is -0.153. The van der Waals surface area contributed by atoms with Crippen molar-refractivity contribution in [3.05, 3.63) is 47.2 Å². The van der Waals surface area contributed by atoms with Crippen molar-refractivity contribution in [2.45, 2.75) is 63.6 Å². The summed E-state index contributed by atoms with van der Waals surface area (Å²) in [7, 11) is 1.38. The van der Waals surface area contributed by atoms with Crippen LogP contribution in [0.15, 0.2) is 28.7 Å². The zero-order valence-electron chi connectivity index (χ0n) is 17.5. The first kappa shape index (κ1) is 20.5. The van der Waals surface area contributed by atoms with E-state index in [1.165, 1.54) is 18.2 Å². The Morgan fingerprint density at radius 3 is 2.60 bits per heavy atom. The predicted molar refractivity (Wildman–Crippen MR) is 108 cm³/mol. The van der Waals surface area contributed by atoms with Crippen LogP contribution in [0.3, 0.4) is 0 Å². The average Bonchev–Trinajstić information content (AvgIpc) is 3.19. The van der Waals surface area contributed by atoms with E-state index in [1.54, 1.807) is 6.92 Å². The molecule has 1 saturated carbocycles. The molecule has 1 unspecified atom stereocenters. The molecule has 1 N–H and O–H groups in total. The van der Waals surface area contributed by atoms with E-state index in [0.29, 0.717) is 37.6 Å². The van der Waals surface area contributed by atoms with Gasteiger partial charge in [-0.05, 0) is 30.4 Å². The number of aryl methyl sites for hydroxylation is 1. The molecule has 1 atom stereocenters. The number of rotatable bonds is 5. The Kier molecular flexibility index (Phi) is 5.85. The number of hydrogen-bond acceptors (Lipinski definition) is 7. The first-order chi connectivity index (χ1) is 14.5. The van der Waals surface area contributed by atoms with Gasteiger partial charge in [0.25, 0.3) is 0 Å². The van der Waals surface area contributed by atoms with E-state index in [2.05, 4.69) is 27.6 Å². The number of carbonyl (C=O) groups is 2. The fourth-order valence-electron chi connectivity index (χ4n) is 4.66. The summed E-state index contributed by atoms with van der Waals surface area (Å²) < 4.78 is 10.7. The number of fused-ring (bicyclic) bond motifs is 1. The topological polar surface area (TPSA) is 97.6 Å². The maximum atomic E-state index is 13.1. The molecule has 8 heteroatoms. The van der Waals surface area contributed by atoms with Crippen LogP contribution in [0.2, 0.25) is 0 Å². The molecule has 2 aliphatic rings. The number of carbonyl (C=O) groups excluding carboxylic acids is 2. The molecule has 0 bridgehead atoms. The normalized spacial score (nSPS) is 20.9. The zero-order valence-corrected chi connectivity index (χ0v) is 17.5. The Morgan fingerprint density at radius 1 is 1.20 bits per heavy atom. The number of aromatic nitrogens is 2. The molecule has 0 radical (unpaired) electrons. The summed E-state index contributed by atoms with van der Waals surface area (Å²) in [5, 5.41) is 11.2. The van der Waals surface area contributed by atoms with Crippen molar-refractivity contribution in [1.82, 2.24) is 20.4 Å². The van der Waals surface area contributed by atoms with Gasteiger partial charge in [0.05, 0.1) is 19.7 Å². The van der Waals surface area contributed by atoms with Crippen molar-refractivity contribution in [2.75, 3.05) is 13.7 Å². The Labute approximate surface area is 176 Å². The molecule has 1 aromatic heterocycles. The molecule has 1 aliphatic heterocycles. The number of nitrogens with one attached hydrogen (secondary N) is 1. The van der Waals surface area contributed by atoms with Crippen LogP contribution in [0.5, 0.6) is 0 Å². The molecule has 30 heavy (non-hydrogen) atoms. The number of esters is 1. The monoisotopic (exact) mass is 412 g/mol. The predicted octanol–water partition coefficient (Wildman–Crippen LogP) is 2.47. The number of hydrogen-bond donors (Lipinski definition) is 1. The van der Waals surface area contributed by atoms with Gasteiger partial charge in [0.2, 0.25) is 17.7 Å². The van der Waals surface area contributed by atoms with Gasteiger partial charge in [0.1, 0.15) is 5.54 Å². The van der Waals surface area contributed by atoms with Crippen LogP contribution in [0.4, 0.5) is 0 Å². The number of ether oxygens (including phenoxy) is 1. The van der Waals surface area contributed by atoms with Gasteiger partial charge < -0.3 is 14.5 Å². The highest BCUT2D eigenvalue weighted by Gasteiger charge is 2.42. The summed E-state index contributed by atoms with van der Waals surface area (Å²) >= 11 is 0. The number of benzene rings is 1. The van der Waals surface area contributed by atoms with Crippen LogP contribution in [0, 0.1) is 6.92 Å². The summed E-state index contributed by atoms with van der Waals surface area (Å²) in [4.78, 5) is 27.6. The maximum absolute atomic E-state index is 13.1. The molecule has 2 aromatic rings. The summed E-state index contributed by atoms with van der Waals surface area (Å²) in [5.41, 5.74) is 1.47. The zero-order chi connectivity index (χ0) is 21.1. The Hall–Kier alpha value is -2.74. The fourth-order valence-corrected chi connectivity index (χ4v) is 4.66. The van der Waals surface area contributed by atoms with Crippen molar-refractivity contribution >= 4 is 11.9 Å². The first-order valence-electron chi connectivity index (χ1n) is 10.5. The molecule has 2 heterocycles. The van der Waals surface area contributed by atoms with Crippen LogP contribution >= 0.6 is 0 Å². The highest BCUT2D eigenvalue weighted by Crippen LogP contribution is 2.33. The van der Waals surface area contributed by atoms with Gasteiger partial charge in [0, 0.05) is 13.5 Å². The Morgan fingerprint density at radius 2 is 1.93 bits per heavy atom. The highest BCUT2D eigenvalue weighted by molar-refractivity contribution is 5.89. The SMILES string of the molecule is COC(=O)C1(NC(=O)CN2Cc3ccccc3CC2c2nnc(C)o2)CCCCC1. The molecule has 1 fully saturated rings. The van der Waals surface area contributed by atoms with Crippen LogP contribution in [0.25, 0.3) is 0 Å². The molecule has 4 rings (SSSR count). The third-order valence-corrected chi connectivity index (χ3v) is 6.18. The van der Waals surface area contributed by atoms with Gasteiger partial charge in [-0.25, -0.2) is 4.79 Å². The summed E-state index contributed by atoms with van der Waals surface area (Å²) in [6.45, 7) is 2.49. The van der Waals surface area contributed by atoms with E-state index in [9.17, 15) is 9.59 Å². The maximum Gasteiger partial charge on any atom is 0.331 e. The molecule has 160 valence electrons. The Balaban J connectivity index is 1.54. The van der Waals surface area contributed by atoms with Gasteiger partial charge in [-0.1, -0.05) is 43.5 Å². The van der Waals surface area contributed by atoms with Gasteiger partial charge in [0.15, 0.2) is 0 Å². The molecular formula is C22H28N4O4. The molecule has 8 nitrogen and oxygen atoms in total. The second-order valence-corrected chi connectivity index (χ2v) is 8.24. The van der Waals surface area contributed by atoms with E-state index < -0.39 is 5.54 Å². The molecule has 1 amide bonds. The lowest BCUT2D eigenvalue weighted by Gasteiger charge is -2.38. The second kappa shape index (κ2) is 8.55. The summed E-state index contributed by atoms with van der Waals surface area (Å²) in [5.74, 6) is 0.460. The number of nitrogens with zero attached hydrogens (tertiary/aromatic N) is 3. The average molecular weight is 412 g/mol. The largest absolute Gasteiger partial charge is 0.467 e. The van der Waals surface area contributed by atoms with Gasteiger partial charge in [-0.15, -0.1) is 10.2 Å². The van der Waals surface area contributed by atoms with Crippen molar-refractivity contribution < 1.29 is 18.7 Å². The van der Waals surface area contributed by atoms with Gasteiger partial charge in [-0.2, -0.15) is 0 Å². The summed E-state index contributed by atoms with van der Waals surface area (Å²) in [6.07, 6.45) is 4.77. The van der Waals surface area contributed by atoms with Crippen molar-refractivity contribution in [3.8, 4) is 0 Å². The van der Waals surface area contributed by atoms with E-state index in [1.807, 2.05) is 17.0 Å². The smallest absolute Gasteiger partial charge is 0.331 e. The minimum Gasteiger partial charge on any atom is -0.467 e. The summed E-state index contributed by atoms with van der Waals surface area (Å²) in [6, 6.07) is 8.00. The Bertz CT molecular complexity index is 919. The lowest BCUT2D eigenvalue weighted by Crippen LogP contribution is -2.58. The molecule has 1 aromatic carbocycles. The number of amides is 1. The van der Waals surface area contributed by atoms with E-state index in [0.717, 1.165) is 19.3 Å². The van der Waals surface area contributed by atoms with Crippen LogP contribution in [-0.2, 0) is 27.3 Å². The number of methoxy groups -OCH3 is 1. The minimum absolute atomic E-state index is 0.138. The van der Waals surface area contributed by atoms with Crippen LogP contribution < -0.4 is 5.32 Å². The molecular weight excluding hydrogens is 384 g/mol. The molecule has 1 aliphatic carbocycles. The van der Waals surface area contributed by atoms with Crippen molar-refractivity contribution in [1.29, 1.82) is 0 Å². The quantitative estimate of drug-likeness (QED) is 0.754. The van der Waals surface area contributed by atoms with E-state index in [4.69, 9.17) is 9.15 Å². The van der Waals surface area contributed by atoms with E-state index in [-0.39, 0.29) is 24.5 Å². The highest BCUT2D eigenvalue weighted by atomic mass is 16.5. The molecule has 0 spiro atoms. The van der Waals surface area contributed by atoms with Crippen LogP contribution in [0.1, 0.15) is 61.1 Å². The van der Waals surface area contributed by atoms with Gasteiger partial charge >= 0.3 is 5.97 Å². The van der Waals surface area contributed by atoms with E-state index >= 15 is 0 Å². The lowest BCUT2D eigenvalue weighted by atomic mass is 9.81. The fraction of sp³-hybridized carbons (Fsp3) is 0.545. The van der Waals surface area contributed by atoms with Crippen LogP contribution in [-0.4, -0.2) is 46.2 Å². The van der Waals surface area contributed by atoms with Gasteiger partial charge in [-0.3, -0.25) is 9.69 Å². The first-order valence-corrected chi connectivity index (χ1v) is 10.5. The second-order valence-electron chi connectivity index (χ2n) is 8.24.